The lowest BCUT2D eigenvalue weighted by molar-refractivity contribution is 0.102. The van der Waals surface area contributed by atoms with Gasteiger partial charge >= 0.3 is 0 Å². The van der Waals surface area contributed by atoms with Crippen LogP contribution >= 0.6 is 15.9 Å². The van der Waals surface area contributed by atoms with E-state index in [0.717, 1.165) is 5.56 Å². The van der Waals surface area contributed by atoms with E-state index in [1.165, 1.54) is 0 Å². The number of aryl methyl sites for hydroxylation is 1. The molecule has 2 rings (SSSR count). The molecule has 1 heterocycles. The van der Waals surface area contributed by atoms with Crippen LogP contribution in [0.1, 0.15) is 16.1 Å². The molecule has 1 aromatic carbocycles. The maximum atomic E-state index is 12.2. The van der Waals surface area contributed by atoms with Gasteiger partial charge in [0.15, 0.2) is 0 Å². The number of amides is 1. The zero-order chi connectivity index (χ0) is 13.8. The molecular weight excluding hydrogens is 308 g/mol. The Labute approximate surface area is 119 Å². The van der Waals surface area contributed by atoms with E-state index in [-0.39, 0.29) is 5.91 Å². The highest BCUT2D eigenvalue weighted by Crippen LogP contribution is 2.26. The van der Waals surface area contributed by atoms with Gasteiger partial charge in [-0.05, 0) is 52.7 Å². The fourth-order valence-electron chi connectivity index (χ4n) is 1.65. The number of nitrogens with zero attached hydrogens (tertiary/aromatic N) is 1. The molecule has 19 heavy (non-hydrogen) atoms. The van der Waals surface area contributed by atoms with E-state index in [1.54, 1.807) is 25.4 Å². The summed E-state index contributed by atoms with van der Waals surface area (Å²) in [7, 11) is 1.57. The number of benzene rings is 1. The number of rotatable bonds is 3. The molecule has 0 radical (unpaired) electrons. The molecule has 0 atom stereocenters. The minimum absolute atomic E-state index is 0.281. The molecule has 98 valence electrons. The lowest BCUT2D eigenvalue weighted by atomic mass is 10.2. The Hall–Kier alpha value is -1.88. The number of pyridine rings is 1. The lowest BCUT2D eigenvalue weighted by Gasteiger charge is -2.11. The third kappa shape index (κ3) is 3.12. The van der Waals surface area contributed by atoms with Gasteiger partial charge in [-0.1, -0.05) is 6.07 Å². The molecule has 0 aliphatic carbocycles. The van der Waals surface area contributed by atoms with Crippen molar-refractivity contribution < 1.29 is 9.53 Å². The molecule has 0 fully saturated rings. The first-order valence-corrected chi connectivity index (χ1v) is 6.47. The molecule has 0 unspecified atom stereocenters. The van der Waals surface area contributed by atoms with Gasteiger partial charge in [-0.2, -0.15) is 0 Å². The van der Waals surface area contributed by atoms with Gasteiger partial charge in [-0.15, -0.1) is 0 Å². The molecule has 0 aliphatic rings. The fourth-order valence-corrected chi connectivity index (χ4v) is 2.09. The summed E-state index contributed by atoms with van der Waals surface area (Å²) in [5.74, 6) is 0.336. The maximum absolute atomic E-state index is 12.2. The summed E-state index contributed by atoms with van der Waals surface area (Å²) in [5.41, 5.74) is 2.01. The van der Waals surface area contributed by atoms with Crippen molar-refractivity contribution in [1.29, 1.82) is 0 Å². The van der Waals surface area contributed by atoms with Crippen molar-refractivity contribution in [1.82, 2.24) is 4.98 Å². The van der Waals surface area contributed by atoms with Crippen LogP contribution in [0, 0.1) is 6.92 Å². The molecule has 0 aliphatic heterocycles. The Bertz CT molecular complexity index is 614. The molecule has 1 aromatic heterocycles. The zero-order valence-electron chi connectivity index (χ0n) is 10.6. The lowest BCUT2D eigenvalue weighted by Crippen LogP contribution is -2.15. The summed E-state index contributed by atoms with van der Waals surface area (Å²) in [6.07, 6.45) is 1.58. The van der Waals surface area contributed by atoms with E-state index in [0.29, 0.717) is 21.6 Å². The number of hydrogen-bond acceptors (Lipinski definition) is 3. The second kappa shape index (κ2) is 5.84. The van der Waals surface area contributed by atoms with Gasteiger partial charge in [0.05, 0.1) is 12.8 Å². The first-order valence-electron chi connectivity index (χ1n) is 5.68. The van der Waals surface area contributed by atoms with Gasteiger partial charge in [-0.25, -0.2) is 4.98 Å². The highest BCUT2D eigenvalue weighted by Gasteiger charge is 2.13. The van der Waals surface area contributed by atoms with Crippen LogP contribution in [-0.2, 0) is 0 Å². The predicted octanol–water partition coefficient (Wildman–Crippen LogP) is 3.41. The van der Waals surface area contributed by atoms with Crippen LogP contribution in [0.2, 0.25) is 0 Å². The topological polar surface area (TPSA) is 51.2 Å². The third-order valence-electron chi connectivity index (χ3n) is 2.58. The number of carbonyl (C=O) groups excluding carboxylic acids is 1. The van der Waals surface area contributed by atoms with Crippen LogP contribution in [0.4, 0.5) is 5.69 Å². The van der Waals surface area contributed by atoms with Crippen LogP contribution < -0.4 is 10.1 Å². The van der Waals surface area contributed by atoms with Gasteiger partial charge in [0, 0.05) is 10.7 Å². The van der Waals surface area contributed by atoms with E-state index in [4.69, 9.17) is 4.74 Å². The zero-order valence-corrected chi connectivity index (χ0v) is 12.2. The fraction of sp³-hybridized carbons (Fsp3) is 0.143. The van der Waals surface area contributed by atoms with Crippen LogP contribution in [0.3, 0.4) is 0 Å². The molecule has 1 amide bonds. The number of anilines is 1. The number of hydrogen-bond donors (Lipinski definition) is 1. The molecule has 0 saturated carbocycles. The summed E-state index contributed by atoms with van der Waals surface area (Å²) >= 11 is 3.31. The van der Waals surface area contributed by atoms with E-state index in [1.807, 2.05) is 25.1 Å². The van der Waals surface area contributed by atoms with Crippen molar-refractivity contribution in [2.24, 2.45) is 0 Å². The van der Waals surface area contributed by atoms with Crippen molar-refractivity contribution in [3.8, 4) is 5.75 Å². The Kier molecular flexibility index (Phi) is 4.16. The van der Waals surface area contributed by atoms with Gasteiger partial charge in [0.1, 0.15) is 11.4 Å². The number of ether oxygens (including phenoxy) is 1. The first-order chi connectivity index (χ1) is 9.11. The second-order valence-electron chi connectivity index (χ2n) is 3.99. The Morgan fingerprint density at radius 1 is 1.37 bits per heavy atom. The summed E-state index contributed by atoms with van der Waals surface area (Å²) in [6, 6.07) is 9.13. The highest BCUT2D eigenvalue weighted by atomic mass is 79.9. The molecule has 5 heteroatoms. The number of nitrogens with one attached hydrogen (secondary N) is 1. The first kappa shape index (κ1) is 13.5. The van der Waals surface area contributed by atoms with Gasteiger partial charge in [0.2, 0.25) is 0 Å². The van der Waals surface area contributed by atoms with Gasteiger partial charge in [0.25, 0.3) is 5.91 Å². The molecule has 0 spiro atoms. The number of carbonyl (C=O) groups is 1. The van der Waals surface area contributed by atoms with Crippen LogP contribution in [0.15, 0.2) is 41.0 Å². The van der Waals surface area contributed by atoms with Crippen LogP contribution in [0.5, 0.6) is 5.75 Å². The minimum Gasteiger partial charge on any atom is -0.495 e. The number of halogens is 1. The van der Waals surface area contributed by atoms with Crippen molar-refractivity contribution in [2.45, 2.75) is 6.92 Å². The monoisotopic (exact) mass is 320 g/mol. The molecule has 0 saturated heterocycles. The van der Waals surface area contributed by atoms with Gasteiger partial charge < -0.3 is 10.1 Å². The van der Waals surface area contributed by atoms with Gasteiger partial charge in [-0.3, -0.25) is 4.79 Å². The van der Waals surface area contributed by atoms with Crippen molar-refractivity contribution >= 4 is 27.5 Å². The maximum Gasteiger partial charge on any atom is 0.275 e. The Morgan fingerprint density at radius 2 is 2.16 bits per heavy atom. The van der Waals surface area contributed by atoms with Crippen molar-refractivity contribution in [3.05, 3.63) is 52.3 Å². The Morgan fingerprint density at radius 3 is 2.84 bits per heavy atom. The minimum atomic E-state index is -0.281. The Balaban J connectivity index is 2.29. The highest BCUT2D eigenvalue weighted by molar-refractivity contribution is 9.10. The smallest absolute Gasteiger partial charge is 0.275 e. The summed E-state index contributed by atoms with van der Waals surface area (Å²) < 4.78 is 5.87. The molecular formula is C14H13BrN2O2. The van der Waals surface area contributed by atoms with Crippen molar-refractivity contribution in [2.75, 3.05) is 12.4 Å². The molecule has 4 nitrogen and oxygen atoms in total. The van der Waals surface area contributed by atoms with E-state index in [9.17, 15) is 4.79 Å². The predicted molar refractivity (Wildman–Crippen MR) is 77.6 cm³/mol. The average molecular weight is 321 g/mol. The number of aromatic nitrogens is 1. The second-order valence-corrected chi connectivity index (χ2v) is 4.85. The van der Waals surface area contributed by atoms with Crippen LogP contribution in [0.25, 0.3) is 0 Å². The molecule has 1 N–H and O–H groups in total. The largest absolute Gasteiger partial charge is 0.495 e. The van der Waals surface area contributed by atoms with E-state index < -0.39 is 0 Å². The summed E-state index contributed by atoms with van der Waals surface area (Å²) in [6.45, 7) is 1.95. The molecule has 0 bridgehead atoms. The average Bonchev–Trinajstić information content (AvgIpc) is 2.39. The standard InChI is InChI=1S/C14H13BrN2O2/c1-9-5-6-12(19-2)11(8-9)17-14(18)13-10(15)4-3-7-16-13/h3-8H,1-2H3,(H,17,18). The van der Waals surface area contributed by atoms with E-state index in [2.05, 4.69) is 26.2 Å². The van der Waals surface area contributed by atoms with E-state index >= 15 is 0 Å². The number of methoxy groups -OCH3 is 1. The van der Waals surface area contributed by atoms with Crippen LogP contribution in [-0.4, -0.2) is 18.0 Å². The third-order valence-corrected chi connectivity index (χ3v) is 3.22. The summed E-state index contributed by atoms with van der Waals surface area (Å²) in [5, 5.41) is 2.80. The van der Waals surface area contributed by atoms with Crippen molar-refractivity contribution in [3.63, 3.8) is 0 Å². The normalized spacial score (nSPS) is 10.1. The SMILES string of the molecule is COc1ccc(C)cc1NC(=O)c1ncccc1Br. The molecule has 2 aromatic rings. The quantitative estimate of drug-likeness (QED) is 0.942. The summed E-state index contributed by atoms with van der Waals surface area (Å²) in [4.78, 5) is 16.2.